The Kier molecular flexibility index (Phi) is 3.48. The van der Waals surface area contributed by atoms with Crippen molar-refractivity contribution in [2.75, 3.05) is 0 Å². The molecule has 1 unspecified atom stereocenters. The molecule has 114 valence electrons. The van der Waals surface area contributed by atoms with Crippen LogP contribution in [-0.4, -0.2) is 21.4 Å². The molecule has 0 saturated carbocycles. The van der Waals surface area contributed by atoms with Crippen LogP contribution in [0.25, 0.3) is 0 Å². The summed E-state index contributed by atoms with van der Waals surface area (Å²) < 4.78 is 1.89. The molecule has 3 rings (SSSR count). The lowest BCUT2D eigenvalue weighted by Gasteiger charge is -2.21. The van der Waals surface area contributed by atoms with E-state index in [9.17, 15) is 14.7 Å². The summed E-state index contributed by atoms with van der Waals surface area (Å²) in [5.41, 5.74) is 7.75. The van der Waals surface area contributed by atoms with Crippen LogP contribution in [0.2, 0.25) is 0 Å². The molecular formula is C17H18N2O3. The zero-order valence-electron chi connectivity index (χ0n) is 12.4. The topological polar surface area (TPSA) is 85.3 Å². The Hall–Kier alpha value is -2.56. The SMILES string of the molecule is CC(c1ccccc1O)n1cc(C(N)=O)c2c1CCCC2=O. The smallest absolute Gasteiger partial charge is 0.250 e. The molecule has 1 aromatic carbocycles. The fourth-order valence-corrected chi connectivity index (χ4v) is 3.20. The first-order valence-electron chi connectivity index (χ1n) is 7.35. The number of nitrogens with zero attached hydrogens (tertiary/aromatic N) is 1. The molecule has 5 nitrogen and oxygen atoms in total. The van der Waals surface area contributed by atoms with Gasteiger partial charge in [-0.25, -0.2) is 0 Å². The molecule has 22 heavy (non-hydrogen) atoms. The second-order valence-corrected chi connectivity index (χ2v) is 5.65. The molecule has 1 amide bonds. The first kappa shape index (κ1) is 14.4. The van der Waals surface area contributed by atoms with Crippen LogP contribution in [0.3, 0.4) is 0 Å². The van der Waals surface area contributed by atoms with Crippen LogP contribution in [0.15, 0.2) is 30.5 Å². The lowest BCUT2D eigenvalue weighted by molar-refractivity contribution is 0.0950. The number of hydrogen-bond donors (Lipinski definition) is 2. The molecule has 0 spiro atoms. The summed E-state index contributed by atoms with van der Waals surface area (Å²) in [4.78, 5) is 23.8. The standard InChI is InChI=1S/C17H18N2O3/c1-10(11-5-2-3-7-14(11)20)19-9-12(17(18)22)16-13(19)6-4-8-15(16)21/h2-3,5,7,9-10,20H,4,6,8H2,1H3,(H2,18,22). The molecule has 1 aliphatic rings. The van der Waals surface area contributed by atoms with Crippen molar-refractivity contribution < 1.29 is 14.7 Å². The van der Waals surface area contributed by atoms with Crippen molar-refractivity contribution in [3.8, 4) is 5.75 Å². The van der Waals surface area contributed by atoms with Crippen molar-refractivity contribution >= 4 is 11.7 Å². The number of phenols is 1. The molecule has 0 fully saturated rings. The maximum Gasteiger partial charge on any atom is 0.250 e. The van der Waals surface area contributed by atoms with Gasteiger partial charge in [0, 0.05) is 23.9 Å². The highest BCUT2D eigenvalue weighted by molar-refractivity contribution is 6.09. The van der Waals surface area contributed by atoms with Crippen LogP contribution in [-0.2, 0) is 6.42 Å². The normalized spacial score (nSPS) is 15.4. The first-order valence-corrected chi connectivity index (χ1v) is 7.35. The molecule has 0 bridgehead atoms. The molecule has 0 aliphatic heterocycles. The number of hydrogen-bond acceptors (Lipinski definition) is 3. The molecule has 1 heterocycles. The summed E-state index contributed by atoms with van der Waals surface area (Å²) >= 11 is 0. The van der Waals surface area contributed by atoms with Gasteiger partial charge in [-0.1, -0.05) is 18.2 Å². The maximum atomic E-state index is 12.2. The van der Waals surface area contributed by atoms with E-state index in [1.165, 1.54) is 0 Å². The zero-order valence-corrected chi connectivity index (χ0v) is 12.4. The molecule has 1 atom stereocenters. The van der Waals surface area contributed by atoms with Crippen molar-refractivity contribution in [2.24, 2.45) is 5.73 Å². The molecular weight excluding hydrogens is 280 g/mol. The number of primary amides is 1. The summed E-state index contributed by atoms with van der Waals surface area (Å²) in [6.07, 6.45) is 3.59. The fraction of sp³-hybridized carbons (Fsp3) is 0.294. The molecule has 0 radical (unpaired) electrons. The number of Topliss-reactive ketones (excluding diaryl/α,β-unsaturated/α-hetero) is 1. The lowest BCUT2D eigenvalue weighted by Crippen LogP contribution is -2.18. The number of phenolic OH excluding ortho intramolecular Hbond substituents is 1. The summed E-state index contributed by atoms with van der Waals surface area (Å²) in [5, 5.41) is 10.0. The average molecular weight is 298 g/mol. The minimum Gasteiger partial charge on any atom is -0.508 e. The molecule has 1 aromatic heterocycles. The third kappa shape index (κ3) is 2.19. The van der Waals surface area contributed by atoms with Crippen LogP contribution in [0.4, 0.5) is 0 Å². The Morgan fingerprint density at radius 1 is 1.32 bits per heavy atom. The van der Waals surface area contributed by atoms with E-state index in [-0.39, 0.29) is 23.1 Å². The molecule has 3 N–H and O–H groups in total. The summed E-state index contributed by atoms with van der Waals surface area (Å²) in [6.45, 7) is 1.93. The van der Waals surface area contributed by atoms with E-state index in [1.54, 1.807) is 18.3 Å². The number of ketones is 1. The van der Waals surface area contributed by atoms with Gasteiger partial charge >= 0.3 is 0 Å². The van der Waals surface area contributed by atoms with E-state index >= 15 is 0 Å². The predicted molar refractivity (Wildman–Crippen MR) is 82.1 cm³/mol. The summed E-state index contributed by atoms with van der Waals surface area (Å²) in [7, 11) is 0. The first-order chi connectivity index (χ1) is 10.5. The van der Waals surface area contributed by atoms with Crippen molar-refractivity contribution in [1.29, 1.82) is 0 Å². The number of fused-ring (bicyclic) bond motifs is 1. The van der Waals surface area contributed by atoms with Crippen molar-refractivity contribution in [3.05, 3.63) is 52.8 Å². The highest BCUT2D eigenvalue weighted by atomic mass is 16.3. The van der Waals surface area contributed by atoms with Crippen LogP contribution in [0.1, 0.15) is 57.8 Å². The third-order valence-electron chi connectivity index (χ3n) is 4.30. The molecule has 5 heteroatoms. The van der Waals surface area contributed by atoms with E-state index in [1.807, 2.05) is 23.6 Å². The van der Waals surface area contributed by atoms with E-state index in [2.05, 4.69) is 0 Å². The van der Waals surface area contributed by atoms with E-state index in [0.717, 1.165) is 24.1 Å². The average Bonchev–Trinajstić information content (AvgIpc) is 2.88. The van der Waals surface area contributed by atoms with Gasteiger partial charge in [-0.05, 0) is 25.8 Å². The van der Waals surface area contributed by atoms with E-state index < -0.39 is 5.91 Å². The highest BCUT2D eigenvalue weighted by Crippen LogP contribution is 2.33. The quantitative estimate of drug-likeness (QED) is 0.912. The van der Waals surface area contributed by atoms with Gasteiger partial charge in [0.15, 0.2) is 5.78 Å². The van der Waals surface area contributed by atoms with Crippen LogP contribution < -0.4 is 5.73 Å². The van der Waals surface area contributed by atoms with Crippen LogP contribution >= 0.6 is 0 Å². The Labute approximate surface area is 128 Å². The number of nitrogens with two attached hydrogens (primary N) is 1. The lowest BCUT2D eigenvalue weighted by atomic mass is 9.93. The van der Waals surface area contributed by atoms with Gasteiger partial charge in [0.05, 0.1) is 17.2 Å². The van der Waals surface area contributed by atoms with Crippen LogP contribution in [0, 0.1) is 0 Å². The number of amides is 1. The Morgan fingerprint density at radius 2 is 2.05 bits per heavy atom. The molecule has 0 saturated heterocycles. The van der Waals surface area contributed by atoms with Crippen molar-refractivity contribution in [2.45, 2.75) is 32.2 Å². The van der Waals surface area contributed by atoms with Gasteiger partial charge in [0.2, 0.25) is 0 Å². The number of benzene rings is 1. The van der Waals surface area contributed by atoms with E-state index in [4.69, 9.17) is 5.73 Å². The number of para-hydroxylation sites is 1. The minimum absolute atomic E-state index is 0.0294. The second-order valence-electron chi connectivity index (χ2n) is 5.65. The van der Waals surface area contributed by atoms with Crippen molar-refractivity contribution in [3.63, 3.8) is 0 Å². The number of aromatic nitrogens is 1. The molecule has 2 aromatic rings. The largest absolute Gasteiger partial charge is 0.508 e. The highest BCUT2D eigenvalue weighted by Gasteiger charge is 2.29. The Morgan fingerprint density at radius 3 is 2.73 bits per heavy atom. The number of carbonyl (C=O) groups excluding carboxylic acids is 2. The number of carbonyl (C=O) groups is 2. The monoisotopic (exact) mass is 298 g/mol. The van der Waals surface area contributed by atoms with Crippen molar-refractivity contribution in [1.82, 2.24) is 4.57 Å². The van der Waals surface area contributed by atoms with Crippen LogP contribution in [0.5, 0.6) is 5.75 Å². The van der Waals surface area contributed by atoms with Gasteiger partial charge in [-0.3, -0.25) is 9.59 Å². The number of rotatable bonds is 3. The Bertz CT molecular complexity index is 761. The molecule has 1 aliphatic carbocycles. The minimum atomic E-state index is -0.588. The third-order valence-corrected chi connectivity index (χ3v) is 4.30. The Balaban J connectivity index is 2.16. The summed E-state index contributed by atoms with van der Waals surface area (Å²) in [5.74, 6) is -0.423. The van der Waals surface area contributed by atoms with Gasteiger partial charge in [0.1, 0.15) is 5.75 Å². The maximum absolute atomic E-state index is 12.2. The van der Waals surface area contributed by atoms with Gasteiger partial charge in [-0.15, -0.1) is 0 Å². The number of aromatic hydroxyl groups is 1. The fourth-order valence-electron chi connectivity index (χ4n) is 3.20. The summed E-state index contributed by atoms with van der Waals surface area (Å²) in [6, 6.07) is 6.88. The predicted octanol–water partition coefficient (Wildman–Crippen LogP) is 2.42. The van der Waals surface area contributed by atoms with Gasteiger partial charge in [-0.2, -0.15) is 0 Å². The van der Waals surface area contributed by atoms with E-state index in [0.29, 0.717) is 12.0 Å². The van der Waals surface area contributed by atoms with Gasteiger partial charge in [0.25, 0.3) is 5.91 Å². The van der Waals surface area contributed by atoms with Gasteiger partial charge < -0.3 is 15.4 Å². The second kappa shape index (κ2) is 5.33. The zero-order chi connectivity index (χ0) is 15.9.